The number of thioether (sulfide) groups is 1. The number of ketones is 1. The quantitative estimate of drug-likeness (QED) is 0.860. The lowest BCUT2D eigenvalue weighted by atomic mass is 10.2. The Hall–Kier alpha value is -1.14. The average molecular weight is 341 g/mol. The van der Waals surface area contributed by atoms with Gasteiger partial charge in [-0.1, -0.05) is 39.8 Å². The molecule has 0 saturated heterocycles. The Morgan fingerprint density at radius 1 is 1.47 bits per heavy atom. The molecule has 1 amide bonds. The van der Waals surface area contributed by atoms with Crippen molar-refractivity contribution in [1.29, 1.82) is 0 Å². The molecule has 0 fully saturated rings. The number of amidine groups is 1. The first-order chi connectivity index (χ1) is 9.04. The second-order valence-electron chi connectivity index (χ2n) is 4.25. The van der Waals surface area contributed by atoms with Crippen molar-refractivity contribution in [2.45, 2.75) is 19.4 Å². The molecule has 0 radical (unpaired) electrons. The number of aliphatic imine (C=N–C) groups is 1. The number of Topliss-reactive ketones (excluding diaryl/α,β-unsaturated/α-hetero) is 1. The summed E-state index contributed by atoms with van der Waals surface area (Å²) in [6, 6.07) is 7.20. The molecule has 2 rings (SSSR count). The van der Waals surface area contributed by atoms with Crippen LogP contribution in [0.25, 0.3) is 0 Å². The third-order valence-electron chi connectivity index (χ3n) is 2.57. The van der Waals surface area contributed by atoms with Crippen LogP contribution in [0.2, 0.25) is 0 Å². The number of carbonyl (C=O) groups is 2. The monoisotopic (exact) mass is 340 g/mol. The molecule has 0 aliphatic carbocycles. The second kappa shape index (κ2) is 6.34. The molecule has 0 saturated carbocycles. The summed E-state index contributed by atoms with van der Waals surface area (Å²) in [5.41, 5.74) is 0.659. The van der Waals surface area contributed by atoms with E-state index in [0.29, 0.717) is 17.2 Å². The van der Waals surface area contributed by atoms with Gasteiger partial charge in [0.05, 0.1) is 11.8 Å². The van der Waals surface area contributed by atoms with Crippen LogP contribution in [0.4, 0.5) is 0 Å². The minimum atomic E-state index is -0.0407. The Labute approximate surface area is 124 Å². The molecule has 4 nitrogen and oxygen atoms in total. The summed E-state index contributed by atoms with van der Waals surface area (Å²) in [5.74, 6) is 0.252. The summed E-state index contributed by atoms with van der Waals surface area (Å²) in [6.45, 7) is 1.88. The fourth-order valence-electron chi connectivity index (χ4n) is 1.64. The Balaban J connectivity index is 1.93. The molecule has 0 unspecified atom stereocenters. The molecule has 1 aromatic rings. The zero-order valence-corrected chi connectivity index (χ0v) is 12.8. The number of halogens is 1. The molecule has 1 atom stereocenters. The number of benzene rings is 1. The van der Waals surface area contributed by atoms with Crippen LogP contribution in [0.5, 0.6) is 0 Å². The first-order valence-corrected chi connectivity index (χ1v) is 7.61. The Bertz CT molecular complexity index is 528. The molecule has 100 valence electrons. The Morgan fingerprint density at radius 3 is 2.79 bits per heavy atom. The van der Waals surface area contributed by atoms with E-state index in [-0.39, 0.29) is 23.5 Å². The van der Waals surface area contributed by atoms with Crippen molar-refractivity contribution < 1.29 is 9.59 Å². The number of rotatable bonds is 3. The lowest BCUT2D eigenvalue weighted by Gasteiger charge is -2.16. The van der Waals surface area contributed by atoms with Crippen molar-refractivity contribution in [2.75, 3.05) is 5.75 Å². The van der Waals surface area contributed by atoms with Gasteiger partial charge in [0.1, 0.15) is 0 Å². The highest BCUT2D eigenvalue weighted by Crippen LogP contribution is 2.15. The van der Waals surface area contributed by atoms with Crippen molar-refractivity contribution in [3.8, 4) is 0 Å². The third-order valence-corrected chi connectivity index (χ3v) is 3.99. The average Bonchev–Trinajstić information content (AvgIpc) is 2.36. The van der Waals surface area contributed by atoms with E-state index in [1.54, 1.807) is 12.1 Å². The third kappa shape index (κ3) is 4.18. The van der Waals surface area contributed by atoms with Crippen molar-refractivity contribution in [1.82, 2.24) is 5.32 Å². The number of amides is 1. The summed E-state index contributed by atoms with van der Waals surface area (Å²) in [6.07, 6.45) is 0.407. The summed E-state index contributed by atoms with van der Waals surface area (Å²) < 4.78 is 0.939. The van der Waals surface area contributed by atoms with E-state index in [9.17, 15) is 9.59 Å². The van der Waals surface area contributed by atoms with Crippen LogP contribution in [0.1, 0.15) is 23.7 Å². The highest BCUT2D eigenvalue weighted by atomic mass is 79.9. The summed E-state index contributed by atoms with van der Waals surface area (Å²) >= 11 is 4.59. The SMILES string of the molecule is C[C@@H]1CC(=O)NC(SCC(=O)c2ccc(Br)cc2)=N1. The fourth-order valence-corrected chi connectivity index (χ4v) is 2.78. The van der Waals surface area contributed by atoms with Crippen molar-refractivity contribution in [3.05, 3.63) is 34.3 Å². The van der Waals surface area contributed by atoms with Crippen LogP contribution in [0.15, 0.2) is 33.7 Å². The van der Waals surface area contributed by atoms with Gasteiger partial charge in [-0.2, -0.15) is 0 Å². The van der Waals surface area contributed by atoms with Gasteiger partial charge >= 0.3 is 0 Å². The van der Waals surface area contributed by atoms with Gasteiger partial charge in [0, 0.05) is 16.5 Å². The van der Waals surface area contributed by atoms with Crippen LogP contribution in [0.3, 0.4) is 0 Å². The van der Waals surface area contributed by atoms with Gasteiger partial charge in [0.25, 0.3) is 0 Å². The lowest BCUT2D eigenvalue weighted by molar-refractivity contribution is -0.120. The minimum Gasteiger partial charge on any atom is -0.305 e. The predicted molar refractivity (Wildman–Crippen MR) is 80.6 cm³/mol. The maximum absolute atomic E-state index is 12.0. The fraction of sp³-hybridized carbons (Fsp3) is 0.308. The molecule has 0 spiro atoms. The number of hydrogen-bond acceptors (Lipinski definition) is 4. The highest BCUT2D eigenvalue weighted by molar-refractivity contribution is 9.10. The topological polar surface area (TPSA) is 58.5 Å². The molecule has 1 aliphatic rings. The van der Waals surface area contributed by atoms with Crippen molar-refractivity contribution in [2.24, 2.45) is 4.99 Å². The zero-order chi connectivity index (χ0) is 13.8. The highest BCUT2D eigenvalue weighted by Gasteiger charge is 2.18. The number of nitrogens with one attached hydrogen (secondary N) is 1. The van der Waals surface area contributed by atoms with E-state index >= 15 is 0 Å². The Kier molecular flexibility index (Phi) is 4.76. The molecule has 0 aromatic heterocycles. The van der Waals surface area contributed by atoms with Gasteiger partial charge in [-0.25, -0.2) is 0 Å². The van der Waals surface area contributed by atoms with Gasteiger partial charge in [0.15, 0.2) is 11.0 Å². The normalized spacial score (nSPS) is 18.7. The molecule has 6 heteroatoms. The summed E-state index contributed by atoms with van der Waals surface area (Å²) in [5, 5.41) is 3.21. The van der Waals surface area contributed by atoms with E-state index in [0.717, 1.165) is 4.47 Å². The van der Waals surface area contributed by atoms with Gasteiger partial charge < -0.3 is 5.32 Å². The van der Waals surface area contributed by atoms with E-state index in [2.05, 4.69) is 26.2 Å². The molecule has 1 aliphatic heterocycles. The van der Waals surface area contributed by atoms with Crippen molar-refractivity contribution in [3.63, 3.8) is 0 Å². The van der Waals surface area contributed by atoms with E-state index in [1.165, 1.54) is 11.8 Å². The second-order valence-corrected chi connectivity index (χ2v) is 6.13. The molecular formula is C13H13BrN2O2S. The maximum Gasteiger partial charge on any atom is 0.228 e. The van der Waals surface area contributed by atoms with Crippen LogP contribution in [-0.2, 0) is 4.79 Å². The van der Waals surface area contributed by atoms with E-state index < -0.39 is 0 Å². The van der Waals surface area contributed by atoms with Gasteiger partial charge in [-0.05, 0) is 19.1 Å². The molecule has 1 heterocycles. The minimum absolute atomic E-state index is 0.0148. The van der Waals surface area contributed by atoms with Gasteiger partial charge in [-0.3, -0.25) is 14.6 Å². The Morgan fingerprint density at radius 2 is 2.16 bits per heavy atom. The molecular weight excluding hydrogens is 328 g/mol. The van der Waals surface area contributed by atoms with Crippen LogP contribution in [-0.4, -0.2) is 28.7 Å². The van der Waals surface area contributed by atoms with E-state index in [4.69, 9.17) is 0 Å². The first kappa shape index (κ1) is 14.3. The van der Waals surface area contributed by atoms with E-state index in [1.807, 2.05) is 19.1 Å². The maximum atomic E-state index is 12.0. The first-order valence-electron chi connectivity index (χ1n) is 5.84. The molecule has 1 N–H and O–H groups in total. The molecule has 1 aromatic carbocycles. The smallest absolute Gasteiger partial charge is 0.228 e. The lowest BCUT2D eigenvalue weighted by Crippen LogP contribution is -2.36. The summed E-state index contributed by atoms with van der Waals surface area (Å²) in [7, 11) is 0. The van der Waals surface area contributed by atoms with Crippen LogP contribution >= 0.6 is 27.7 Å². The molecule has 0 bridgehead atoms. The zero-order valence-electron chi connectivity index (χ0n) is 10.4. The van der Waals surface area contributed by atoms with Crippen LogP contribution < -0.4 is 5.32 Å². The number of hydrogen-bond donors (Lipinski definition) is 1. The number of nitrogens with zero attached hydrogens (tertiary/aromatic N) is 1. The van der Waals surface area contributed by atoms with Crippen molar-refractivity contribution >= 4 is 44.5 Å². The standard InChI is InChI=1S/C13H13BrN2O2S/c1-8-6-12(18)16-13(15-8)19-7-11(17)9-2-4-10(14)5-3-9/h2-5,8H,6-7H2,1H3,(H,15,16,18)/t8-/m1/s1. The van der Waals surface area contributed by atoms with Gasteiger partial charge in [0.2, 0.25) is 5.91 Å². The molecule has 19 heavy (non-hydrogen) atoms. The van der Waals surface area contributed by atoms with Crippen LogP contribution in [0, 0.1) is 0 Å². The predicted octanol–water partition coefficient (Wildman–Crippen LogP) is 2.63. The largest absolute Gasteiger partial charge is 0.305 e. The van der Waals surface area contributed by atoms with Gasteiger partial charge in [-0.15, -0.1) is 0 Å². The number of carbonyl (C=O) groups excluding carboxylic acids is 2. The summed E-state index contributed by atoms with van der Waals surface area (Å²) in [4.78, 5) is 27.6.